The van der Waals surface area contributed by atoms with Crippen LogP contribution in [0.15, 0.2) is 36.4 Å². The monoisotopic (exact) mass is 256 g/mol. The highest BCUT2D eigenvalue weighted by Gasteiger charge is 2.29. The Hall–Kier alpha value is -2.36. The third-order valence-electron chi connectivity index (χ3n) is 3.45. The smallest absolute Gasteiger partial charge is 0.259 e. The van der Waals surface area contributed by atoms with E-state index in [1.807, 2.05) is 12.1 Å². The van der Waals surface area contributed by atoms with Crippen LogP contribution in [0.4, 0.5) is 15.8 Å². The first-order valence-electron chi connectivity index (χ1n) is 6.03. The lowest BCUT2D eigenvalue weighted by Gasteiger charge is -2.18. The zero-order chi connectivity index (χ0) is 13.6. The summed E-state index contributed by atoms with van der Waals surface area (Å²) in [5.74, 6) is -0.606. The lowest BCUT2D eigenvalue weighted by atomic mass is 10.1. The molecular formula is C15H13FN2O. The summed E-state index contributed by atoms with van der Waals surface area (Å²) < 4.78 is 14.0. The van der Waals surface area contributed by atoms with Crippen LogP contribution in [-0.4, -0.2) is 5.91 Å². The lowest BCUT2D eigenvalue weighted by molar-refractivity contribution is 0.0996. The third-order valence-corrected chi connectivity index (χ3v) is 3.45. The second-order valence-electron chi connectivity index (χ2n) is 4.71. The molecule has 0 radical (unpaired) electrons. The predicted molar refractivity (Wildman–Crippen MR) is 72.5 cm³/mol. The minimum Gasteiger partial charge on any atom is -0.398 e. The molecule has 3 rings (SSSR count). The highest BCUT2D eigenvalue weighted by atomic mass is 19.1. The first-order chi connectivity index (χ1) is 9.08. The fourth-order valence-electron chi connectivity index (χ4n) is 2.33. The molecule has 1 amide bonds. The van der Waals surface area contributed by atoms with Crippen molar-refractivity contribution in [2.45, 2.75) is 13.5 Å². The van der Waals surface area contributed by atoms with Gasteiger partial charge in [-0.05, 0) is 36.2 Å². The highest BCUT2D eigenvalue weighted by molar-refractivity contribution is 6.10. The minimum atomic E-state index is -0.423. The Morgan fingerprint density at radius 2 is 2.00 bits per heavy atom. The van der Waals surface area contributed by atoms with Gasteiger partial charge in [0, 0.05) is 11.3 Å². The summed E-state index contributed by atoms with van der Waals surface area (Å²) in [7, 11) is 0. The molecule has 0 unspecified atom stereocenters. The van der Waals surface area contributed by atoms with Gasteiger partial charge in [-0.15, -0.1) is 0 Å². The van der Waals surface area contributed by atoms with Gasteiger partial charge in [-0.2, -0.15) is 0 Å². The quantitative estimate of drug-likeness (QED) is 0.797. The molecule has 19 heavy (non-hydrogen) atoms. The molecule has 0 bridgehead atoms. The molecule has 0 saturated heterocycles. The van der Waals surface area contributed by atoms with E-state index in [1.54, 1.807) is 19.1 Å². The molecule has 0 aliphatic carbocycles. The van der Waals surface area contributed by atoms with Crippen LogP contribution < -0.4 is 10.6 Å². The number of benzene rings is 2. The van der Waals surface area contributed by atoms with Gasteiger partial charge in [0.15, 0.2) is 0 Å². The molecule has 1 aliphatic heterocycles. The molecule has 0 saturated carbocycles. The van der Waals surface area contributed by atoms with Crippen LogP contribution in [0.3, 0.4) is 0 Å². The van der Waals surface area contributed by atoms with Gasteiger partial charge in [-0.3, -0.25) is 4.79 Å². The van der Waals surface area contributed by atoms with Crippen LogP contribution in [0.2, 0.25) is 0 Å². The van der Waals surface area contributed by atoms with Crippen molar-refractivity contribution in [2.75, 3.05) is 10.6 Å². The van der Waals surface area contributed by atoms with E-state index in [4.69, 9.17) is 5.73 Å². The molecular weight excluding hydrogens is 243 g/mol. The zero-order valence-corrected chi connectivity index (χ0v) is 10.5. The second-order valence-corrected chi connectivity index (χ2v) is 4.71. The van der Waals surface area contributed by atoms with Gasteiger partial charge < -0.3 is 10.6 Å². The van der Waals surface area contributed by atoms with E-state index in [1.165, 1.54) is 17.0 Å². The summed E-state index contributed by atoms with van der Waals surface area (Å²) in [6, 6.07) is 10.2. The molecule has 0 spiro atoms. The van der Waals surface area contributed by atoms with Crippen LogP contribution in [0, 0.1) is 12.7 Å². The third kappa shape index (κ3) is 1.76. The van der Waals surface area contributed by atoms with Crippen LogP contribution >= 0.6 is 0 Å². The number of nitrogens with zero attached hydrogens (tertiary/aromatic N) is 1. The number of halogens is 1. The summed E-state index contributed by atoms with van der Waals surface area (Å²) >= 11 is 0. The van der Waals surface area contributed by atoms with Crippen molar-refractivity contribution in [3.8, 4) is 0 Å². The van der Waals surface area contributed by atoms with E-state index < -0.39 is 5.82 Å². The number of aryl methyl sites for hydroxylation is 1. The average molecular weight is 256 g/mol. The number of carbonyl (C=O) groups excluding carboxylic acids is 1. The fourth-order valence-corrected chi connectivity index (χ4v) is 2.33. The first-order valence-corrected chi connectivity index (χ1v) is 6.03. The molecule has 1 aliphatic rings. The van der Waals surface area contributed by atoms with Crippen molar-refractivity contribution in [3.63, 3.8) is 0 Å². The lowest BCUT2D eigenvalue weighted by Crippen LogP contribution is -2.24. The van der Waals surface area contributed by atoms with Gasteiger partial charge >= 0.3 is 0 Å². The van der Waals surface area contributed by atoms with Gasteiger partial charge in [-0.25, -0.2) is 4.39 Å². The predicted octanol–water partition coefficient (Wildman–Crippen LogP) is 2.88. The molecule has 3 nitrogen and oxygen atoms in total. The van der Waals surface area contributed by atoms with Crippen molar-refractivity contribution in [1.82, 2.24) is 0 Å². The fraction of sp³-hybridized carbons (Fsp3) is 0.133. The Morgan fingerprint density at radius 1 is 1.26 bits per heavy atom. The van der Waals surface area contributed by atoms with Gasteiger partial charge in [0.05, 0.1) is 12.2 Å². The van der Waals surface area contributed by atoms with E-state index in [9.17, 15) is 9.18 Å². The first kappa shape index (κ1) is 11.7. The van der Waals surface area contributed by atoms with Crippen molar-refractivity contribution in [1.29, 1.82) is 0 Å². The number of hydrogen-bond donors (Lipinski definition) is 1. The van der Waals surface area contributed by atoms with E-state index in [0.717, 1.165) is 5.56 Å². The molecule has 2 aromatic rings. The maximum absolute atomic E-state index is 14.0. The van der Waals surface area contributed by atoms with Gasteiger partial charge in [-0.1, -0.05) is 18.2 Å². The maximum Gasteiger partial charge on any atom is 0.259 e. The summed E-state index contributed by atoms with van der Waals surface area (Å²) in [5, 5.41) is 0. The van der Waals surface area contributed by atoms with E-state index in [-0.39, 0.29) is 11.6 Å². The standard InChI is InChI=1S/C15H13FN2O/c1-9-6-12(16)14(7-13(9)17)18-8-10-4-2-3-5-11(10)15(18)19/h2-7H,8,17H2,1H3. The van der Waals surface area contributed by atoms with Crippen molar-refractivity contribution >= 4 is 17.3 Å². The number of nitrogens with two attached hydrogens (primary N) is 1. The number of rotatable bonds is 1. The minimum absolute atomic E-state index is 0.183. The van der Waals surface area contributed by atoms with Crippen molar-refractivity contribution < 1.29 is 9.18 Å². The summed E-state index contributed by atoms with van der Waals surface area (Å²) in [5.41, 5.74) is 8.74. The number of carbonyl (C=O) groups is 1. The molecule has 0 aromatic heterocycles. The number of hydrogen-bond acceptors (Lipinski definition) is 2. The Balaban J connectivity index is 2.07. The maximum atomic E-state index is 14.0. The van der Waals surface area contributed by atoms with E-state index in [0.29, 0.717) is 23.4 Å². The SMILES string of the molecule is Cc1cc(F)c(N2Cc3ccccc3C2=O)cc1N. The Kier molecular flexibility index (Phi) is 2.52. The van der Waals surface area contributed by atoms with Crippen LogP contribution in [-0.2, 0) is 6.54 Å². The van der Waals surface area contributed by atoms with Crippen LogP contribution in [0.1, 0.15) is 21.5 Å². The molecule has 0 atom stereocenters. The summed E-state index contributed by atoms with van der Waals surface area (Å²) in [6.45, 7) is 2.12. The number of amides is 1. The molecule has 4 heteroatoms. The molecule has 0 fully saturated rings. The molecule has 1 heterocycles. The molecule has 96 valence electrons. The van der Waals surface area contributed by atoms with Crippen LogP contribution in [0.25, 0.3) is 0 Å². The summed E-state index contributed by atoms with van der Waals surface area (Å²) in [4.78, 5) is 13.7. The molecule has 2 N–H and O–H groups in total. The van der Waals surface area contributed by atoms with Crippen LogP contribution in [0.5, 0.6) is 0 Å². The number of nitrogen functional groups attached to an aromatic ring is 1. The Bertz CT molecular complexity index is 682. The van der Waals surface area contributed by atoms with Crippen molar-refractivity contribution in [3.05, 3.63) is 58.9 Å². The van der Waals surface area contributed by atoms with E-state index >= 15 is 0 Å². The average Bonchev–Trinajstić information content (AvgIpc) is 2.72. The largest absolute Gasteiger partial charge is 0.398 e. The summed E-state index contributed by atoms with van der Waals surface area (Å²) in [6.07, 6.45) is 0. The second kappa shape index (κ2) is 4.09. The zero-order valence-electron chi connectivity index (χ0n) is 10.5. The highest BCUT2D eigenvalue weighted by Crippen LogP contribution is 2.32. The topological polar surface area (TPSA) is 46.3 Å². The normalized spacial score (nSPS) is 13.8. The number of fused-ring (bicyclic) bond motifs is 1. The van der Waals surface area contributed by atoms with Gasteiger partial charge in [0.25, 0.3) is 5.91 Å². The Labute approximate surface area is 110 Å². The Morgan fingerprint density at radius 3 is 2.74 bits per heavy atom. The number of anilines is 2. The van der Waals surface area contributed by atoms with Gasteiger partial charge in [0.2, 0.25) is 0 Å². The molecule has 2 aromatic carbocycles. The van der Waals surface area contributed by atoms with Gasteiger partial charge in [0.1, 0.15) is 5.82 Å². The van der Waals surface area contributed by atoms with E-state index in [2.05, 4.69) is 0 Å². The van der Waals surface area contributed by atoms with Crippen molar-refractivity contribution in [2.24, 2.45) is 0 Å².